The summed E-state index contributed by atoms with van der Waals surface area (Å²) in [5.74, 6) is 2.35. The number of methoxy groups -OCH3 is 2. The lowest BCUT2D eigenvalue weighted by molar-refractivity contribution is -0.684. The molecule has 3 aromatic rings. The summed E-state index contributed by atoms with van der Waals surface area (Å²) in [7, 11) is 3.31. The Bertz CT molecular complexity index is 968. The molecular weight excluding hydrogens is 358 g/mol. The third kappa shape index (κ3) is 3.46. The predicted octanol–water partition coefficient (Wildman–Crippen LogP) is 3.69. The fourth-order valence-electron chi connectivity index (χ4n) is 3.88. The normalized spacial score (nSPS) is 14.0. The standard InChI is InChI=1S/C21H25N3O2S/c1-25-16-9-8-14(12-17(16)26-2)10-11-24-13-23-21-19(20(24)22)15-6-4-3-5-7-18(15)27-21/h8-9,12-13,22H,3-7,10-11H2,1-2H3/p+1. The van der Waals surface area contributed by atoms with E-state index >= 15 is 0 Å². The van der Waals surface area contributed by atoms with Gasteiger partial charge in [0.15, 0.2) is 11.5 Å². The molecule has 1 aliphatic carbocycles. The van der Waals surface area contributed by atoms with E-state index < -0.39 is 0 Å². The van der Waals surface area contributed by atoms with E-state index in [1.165, 1.54) is 47.1 Å². The number of rotatable bonds is 5. The summed E-state index contributed by atoms with van der Waals surface area (Å²) in [6, 6.07) is 6.04. The van der Waals surface area contributed by atoms with Crippen LogP contribution < -0.4 is 19.8 Å². The van der Waals surface area contributed by atoms with Gasteiger partial charge in [-0.05, 0) is 48.9 Å². The quantitative estimate of drug-likeness (QED) is 0.538. The molecule has 0 atom stereocenters. The molecule has 142 valence electrons. The first-order chi connectivity index (χ1) is 13.2. The van der Waals surface area contributed by atoms with Crippen LogP contribution in [0.1, 0.15) is 35.3 Å². The zero-order valence-electron chi connectivity index (χ0n) is 16.0. The van der Waals surface area contributed by atoms with E-state index in [1.54, 1.807) is 14.2 Å². The minimum atomic E-state index is 0.748. The lowest BCUT2D eigenvalue weighted by Crippen LogP contribution is -2.38. The van der Waals surface area contributed by atoms with Crippen molar-refractivity contribution in [1.29, 1.82) is 0 Å². The lowest BCUT2D eigenvalue weighted by atomic mass is 10.1. The molecule has 2 N–H and O–H groups in total. The molecule has 4 rings (SSSR count). The van der Waals surface area contributed by atoms with Gasteiger partial charge < -0.3 is 15.2 Å². The summed E-state index contributed by atoms with van der Waals surface area (Å²) < 4.78 is 12.8. The van der Waals surface area contributed by atoms with Crippen molar-refractivity contribution < 1.29 is 14.0 Å². The number of nitrogens with zero attached hydrogens (tertiary/aromatic N) is 2. The molecule has 0 amide bonds. The highest BCUT2D eigenvalue weighted by Gasteiger charge is 2.22. The number of nitrogens with two attached hydrogens (primary N) is 1. The number of fused-ring (bicyclic) bond motifs is 3. The van der Waals surface area contributed by atoms with Crippen LogP contribution in [-0.2, 0) is 25.8 Å². The molecule has 0 aliphatic heterocycles. The Morgan fingerprint density at radius 3 is 2.74 bits per heavy atom. The molecule has 0 radical (unpaired) electrons. The molecule has 5 nitrogen and oxygen atoms in total. The Labute approximate surface area is 163 Å². The van der Waals surface area contributed by atoms with Crippen molar-refractivity contribution in [1.82, 2.24) is 4.98 Å². The van der Waals surface area contributed by atoms with Crippen LogP contribution in [0, 0.1) is 0 Å². The number of nitrogen functional groups attached to an aromatic ring is 1. The van der Waals surface area contributed by atoms with E-state index in [0.717, 1.165) is 41.5 Å². The number of aromatic nitrogens is 2. The van der Waals surface area contributed by atoms with Crippen LogP contribution in [0.15, 0.2) is 24.5 Å². The number of thiophene rings is 1. The van der Waals surface area contributed by atoms with Crippen LogP contribution in [-0.4, -0.2) is 19.2 Å². The first kappa shape index (κ1) is 18.0. The zero-order valence-corrected chi connectivity index (χ0v) is 16.8. The van der Waals surface area contributed by atoms with E-state index in [9.17, 15) is 0 Å². The predicted molar refractivity (Wildman–Crippen MR) is 109 cm³/mol. The third-order valence-corrected chi connectivity index (χ3v) is 6.57. The molecule has 1 aliphatic rings. The molecule has 0 saturated heterocycles. The van der Waals surface area contributed by atoms with Gasteiger partial charge in [-0.15, -0.1) is 11.3 Å². The van der Waals surface area contributed by atoms with E-state index in [2.05, 4.69) is 10.6 Å². The van der Waals surface area contributed by atoms with Gasteiger partial charge in [-0.1, -0.05) is 17.5 Å². The van der Waals surface area contributed by atoms with Gasteiger partial charge in [-0.2, -0.15) is 0 Å². The Kier molecular flexibility index (Phi) is 5.16. The third-order valence-electron chi connectivity index (χ3n) is 5.37. The van der Waals surface area contributed by atoms with Gasteiger partial charge in [0.25, 0.3) is 0 Å². The average Bonchev–Trinajstić information content (AvgIpc) is 2.89. The van der Waals surface area contributed by atoms with Gasteiger partial charge >= 0.3 is 0 Å². The summed E-state index contributed by atoms with van der Waals surface area (Å²) in [6.45, 7) is 0.787. The summed E-state index contributed by atoms with van der Waals surface area (Å²) in [6.07, 6.45) is 8.87. The second-order valence-corrected chi connectivity index (χ2v) is 8.09. The lowest BCUT2D eigenvalue weighted by Gasteiger charge is -2.10. The Morgan fingerprint density at radius 1 is 1.11 bits per heavy atom. The minimum Gasteiger partial charge on any atom is -0.493 e. The molecule has 0 unspecified atom stereocenters. The first-order valence-electron chi connectivity index (χ1n) is 9.50. The number of hydrogen-bond acceptors (Lipinski definition) is 5. The van der Waals surface area contributed by atoms with Crippen LogP contribution in [0.3, 0.4) is 0 Å². The molecule has 6 heteroatoms. The topological polar surface area (TPSA) is 61.2 Å². The monoisotopic (exact) mass is 384 g/mol. The number of anilines is 1. The molecule has 2 aromatic heterocycles. The fraction of sp³-hybridized carbons (Fsp3) is 0.429. The van der Waals surface area contributed by atoms with Gasteiger partial charge in [-0.3, -0.25) is 0 Å². The summed E-state index contributed by atoms with van der Waals surface area (Å²) in [4.78, 5) is 7.28. The van der Waals surface area contributed by atoms with Crippen molar-refractivity contribution in [3.63, 3.8) is 0 Å². The van der Waals surface area contributed by atoms with Crippen LogP contribution in [0.25, 0.3) is 10.2 Å². The average molecular weight is 385 g/mol. The second kappa shape index (κ2) is 7.72. The smallest absolute Gasteiger partial charge is 0.231 e. The highest BCUT2D eigenvalue weighted by atomic mass is 32.1. The maximum absolute atomic E-state index is 6.59. The van der Waals surface area contributed by atoms with Crippen molar-refractivity contribution >= 4 is 27.4 Å². The van der Waals surface area contributed by atoms with Crippen LogP contribution in [0.5, 0.6) is 11.5 Å². The highest BCUT2D eigenvalue weighted by molar-refractivity contribution is 7.18. The van der Waals surface area contributed by atoms with Crippen molar-refractivity contribution in [3.8, 4) is 11.5 Å². The molecule has 0 spiro atoms. The molecule has 0 fully saturated rings. The van der Waals surface area contributed by atoms with Crippen LogP contribution >= 0.6 is 11.3 Å². The van der Waals surface area contributed by atoms with Crippen LogP contribution in [0.4, 0.5) is 5.82 Å². The summed E-state index contributed by atoms with van der Waals surface area (Å²) in [5, 5.41) is 1.19. The summed E-state index contributed by atoms with van der Waals surface area (Å²) >= 11 is 1.82. The highest BCUT2D eigenvalue weighted by Crippen LogP contribution is 2.36. The maximum atomic E-state index is 6.59. The Hall–Kier alpha value is -2.34. The summed E-state index contributed by atoms with van der Waals surface area (Å²) in [5.41, 5.74) is 9.22. The van der Waals surface area contributed by atoms with E-state index in [1.807, 2.05) is 29.8 Å². The minimum absolute atomic E-state index is 0.748. The first-order valence-corrected chi connectivity index (χ1v) is 10.3. The Balaban J connectivity index is 1.61. The number of benzene rings is 1. The number of ether oxygens (including phenoxy) is 2. The van der Waals surface area contributed by atoms with Gasteiger partial charge in [0.1, 0.15) is 5.39 Å². The van der Waals surface area contributed by atoms with Crippen LogP contribution in [0.2, 0.25) is 0 Å². The second-order valence-electron chi connectivity index (χ2n) is 7.01. The number of hydrogen-bond donors (Lipinski definition) is 1. The molecule has 1 aromatic carbocycles. The molecular formula is C21H26N3O2S+. The SMILES string of the molecule is COc1ccc(CC[n+]2cnc3sc4c(c3c2N)CCCCC4)cc1OC. The van der Waals surface area contributed by atoms with Crippen molar-refractivity contribution in [3.05, 3.63) is 40.5 Å². The molecule has 27 heavy (non-hydrogen) atoms. The van der Waals surface area contributed by atoms with Gasteiger partial charge in [0.05, 0.1) is 20.8 Å². The van der Waals surface area contributed by atoms with Crippen molar-refractivity contribution in [2.45, 2.75) is 45.1 Å². The molecule has 2 heterocycles. The van der Waals surface area contributed by atoms with Gasteiger partial charge in [-0.25, -0.2) is 4.57 Å². The zero-order chi connectivity index (χ0) is 18.8. The van der Waals surface area contributed by atoms with Crippen molar-refractivity contribution in [2.24, 2.45) is 0 Å². The van der Waals surface area contributed by atoms with E-state index in [-0.39, 0.29) is 0 Å². The molecule has 0 saturated carbocycles. The maximum Gasteiger partial charge on any atom is 0.231 e. The van der Waals surface area contributed by atoms with Gasteiger partial charge in [0.2, 0.25) is 17.0 Å². The molecule has 0 bridgehead atoms. The number of aryl methyl sites for hydroxylation is 4. The van der Waals surface area contributed by atoms with E-state index in [0.29, 0.717) is 0 Å². The van der Waals surface area contributed by atoms with E-state index in [4.69, 9.17) is 20.2 Å². The van der Waals surface area contributed by atoms with Gasteiger partial charge in [0, 0.05) is 11.3 Å². The van der Waals surface area contributed by atoms with Crippen molar-refractivity contribution in [2.75, 3.05) is 20.0 Å². The fourth-order valence-corrected chi connectivity index (χ4v) is 5.11. The Morgan fingerprint density at radius 2 is 1.93 bits per heavy atom. The largest absolute Gasteiger partial charge is 0.493 e.